The van der Waals surface area contributed by atoms with Gasteiger partial charge in [0.15, 0.2) is 6.10 Å². The summed E-state index contributed by atoms with van der Waals surface area (Å²) in [6.07, 6.45) is 0.191. The Balaban J connectivity index is 2.53. The van der Waals surface area contributed by atoms with Gasteiger partial charge in [-0.15, -0.1) is 0 Å². The van der Waals surface area contributed by atoms with Gasteiger partial charge < -0.3 is 9.47 Å². The monoisotopic (exact) mass is 198 g/mol. The average Bonchev–Trinajstić information content (AvgIpc) is 2.08. The molecule has 0 bridgehead atoms. The molecule has 1 aliphatic heterocycles. The lowest BCUT2D eigenvalue weighted by Gasteiger charge is -2.24. The molecule has 0 amide bonds. The van der Waals surface area contributed by atoms with Gasteiger partial charge in [0, 0.05) is 6.42 Å². The number of ether oxygens (including phenoxy) is 2. The van der Waals surface area contributed by atoms with Gasteiger partial charge in [0.05, 0.1) is 12.7 Å². The van der Waals surface area contributed by atoms with E-state index in [1.54, 1.807) is 0 Å². The van der Waals surface area contributed by atoms with E-state index < -0.39 is 6.10 Å². The van der Waals surface area contributed by atoms with Crippen molar-refractivity contribution in [2.75, 3.05) is 6.61 Å². The molecule has 0 radical (unpaired) electrons. The van der Waals surface area contributed by atoms with E-state index in [0.717, 1.165) is 0 Å². The SMILES string of the molecule is CC1=C(C)C[C@H](C(=O)OC(C)C)OC1. The maximum Gasteiger partial charge on any atom is 0.335 e. The minimum atomic E-state index is -0.402. The van der Waals surface area contributed by atoms with Gasteiger partial charge in [-0.25, -0.2) is 4.79 Å². The quantitative estimate of drug-likeness (QED) is 0.503. The first-order valence-electron chi connectivity index (χ1n) is 4.98. The van der Waals surface area contributed by atoms with Crippen molar-refractivity contribution in [3.05, 3.63) is 11.1 Å². The number of carbonyl (C=O) groups is 1. The smallest absolute Gasteiger partial charge is 0.335 e. The Hall–Kier alpha value is -0.830. The molecule has 1 aliphatic rings. The molecule has 3 heteroatoms. The molecule has 3 nitrogen and oxygen atoms in total. The van der Waals surface area contributed by atoms with Crippen LogP contribution in [-0.4, -0.2) is 24.8 Å². The second-order valence-corrected chi connectivity index (χ2v) is 4.05. The Bertz CT molecular complexity index is 253. The minimum Gasteiger partial charge on any atom is -0.461 e. The van der Waals surface area contributed by atoms with Crippen molar-refractivity contribution in [3.8, 4) is 0 Å². The summed E-state index contributed by atoms with van der Waals surface area (Å²) in [5.74, 6) is -0.244. The van der Waals surface area contributed by atoms with E-state index >= 15 is 0 Å². The Morgan fingerprint density at radius 2 is 2.07 bits per heavy atom. The molecule has 0 unspecified atom stereocenters. The zero-order valence-electron chi connectivity index (χ0n) is 9.29. The lowest BCUT2D eigenvalue weighted by molar-refractivity contribution is -0.161. The number of carbonyl (C=O) groups excluding carboxylic acids is 1. The van der Waals surface area contributed by atoms with Crippen LogP contribution in [0.4, 0.5) is 0 Å². The molecular weight excluding hydrogens is 180 g/mol. The van der Waals surface area contributed by atoms with Gasteiger partial charge in [-0.1, -0.05) is 5.57 Å². The number of esters is 1. The number of hydrogen-bond acceptors (Lipinski definition) is 3. The Morgan fingerprint density at radius 1 is 1.43 bits per heavy atom. The number of hydrogen-bond donors (Lipinski definition) is 0. The third-order valence-electron chi connectivity index (χ3n) is 2.34. The Labute approximate surface area is 85.1 Å². The summed E-state index contributed by atoms with van der Waals surface area (Å²) in [4.78, 5) is 11.5. The van der Waals surface area contributed by atoms with E-state index in [1.807, 2.05) is 27.7 Å². The Morgan fingerprint density at radius 3 is 2.57 bits per heavy atom. The molecule has 0 fully saturated rings. The van der Waals surface area contributed by atoms with Gasteiger partial charge in [-0.2, -0.15) is 0 Å². The Kier molecular flexibility index (Phi) is 3.69. The minimum absolute atomic E-state index is 0.0709. The predicted molar refractivity (Wildman–Crippen MR) is 54.0 cm³/mol. The normalized spacial score (nSPS) is 22.8. The van der Waals surface area contributed by atoms with Gasteiger partial charge in [-0.3, -0.25) is 0 Å². The molecule has 0 spiro atoms. The van der Waals surface area contributed by atoms with Crippen molar-refractivity contribution in [1.29, 1.82) is 0 Å². The molecule has 1 atom stereocenters. The van der Waals surface area contributed by atoms with Crippen LogP contribution < -0.4 is 0 Å². The third kappa shape index (κ3) is 2.84. The molecule has 0 aromatic rings. The summed E-state index contributed by atoms with van der Waals surface area (Å²) >= 11 is 0. The van der Waals surface area contributed by atoms with Crippen LogP contribution in [0.1, 0.15) is 34.1 Å². The summed E-state index contributed by atoms with van der Waals surface area (Å²) in [7, 11) is 0. The van der Waals surface area contributed by atoms with Crippen LogP contribution in [0.25, 0.3) is 0 Å². The zero-order valence-corrected chi connectivity index (χ0v) is 9.29. The largest absolute Gasteiger partial charge is 0.461 e. The zero-order chi connectivity index (χ0) is 10.7. The molecule has 1 heterocycles. The topological polar surface area (TPSA) is 35.5 Å². The molecule has 0 saturated carbocycles. The van der Waals surface area contributed by atoms with Crippen LogP contribution in [-0.2, 0) is 14.3 Å². The first kappa shape index (κ1) is 11.2. The standard InChI is InChI=1S/C11H18O3/c1-7(2)14-11(12)10-5-8(3)9(4)6-13-10/h7,10H,5-6H2,1-4H3/t10-/m1/s1. The lowest BCUT2D eigenvalue weighted by Crippen LogP contribution is -2.32. The average molecular weight is 198 g/mol. The van der Waals surface area contributed by atoms with Crippen molar-refractivity contribution in [1.82, 2.24) is 0 Å². The van der Waals surface area contributed by atoms with E-state index in [1.165, 1.54) is 11.1 Å². The van der Waals surface area contributed by atoms with E-state index in [-0.39, 0.29) is 12.1 Å². The molecule has 0 aromatic carbocycles. The molecule has 0 aromatic heterocycles. The highest BCUT2D eigenvalue weighted by Gasteiger charge is 2.25. The van der Waals surface area contributed by atoms with Gasteiger partial charge in [0.1, 0.15) is 0 Å². The predicted octanol–water partition coefficient (Wildman–Crippen LogP) is 2.06. The van der Waals surface area contributed by atoms with Crippen molar-refractivity contribution < 1.29 is 14.3 Å². The van der Waals surface area contributed by atoms with Crippen LogP contribution in [0.15, 0.2) is 11.1 Å². The highest BCUT2D eigenvalue weighted by Crippen LogP contribution is 2.20. The van der Waals surface area contributed by atoms with Crippen molar-refractivity contribution in [2.24, 2.45) is 0 Å². The molecule has 14 heavy (non-hydrogen) atoms. The van der Waals surface area contributed by atoms with Crippen molar-refractivity contribution in [3.63, 3.8) is 0 Å². The van der Waals surface area contributed by atoms with Gasteiger partial charge in [0.2, 0.25) is 0 Å². The maximum absolute atomic E-state index is 11.5. The third-order valence-corrected chi connectivity index (χ3v) is 2.34. The summed E-state index contributed by atoms with van der Waals surface area (Å²) in [5, 5.41) is 0. The second-order valence-electron chi connectivity index (χ2n) is 4.05. The first-order valence-corrected chi connectivity index (χ1v) is 4.98. The van der Waals surface area contributed by atoms with E-state index in [4.69, 9.17) is 9.47 Å². The van der Waals surface area contributed by atoms with Gasteiger partial charge >= 0.3 is 5.97 Å². The van der Waals surface area contributed by atoms with Crippen LogP contribution in [0.2, 0.25) is 0 Å². The molecule has 0 saturated heterocycles. The maximum atomic E-state index is 11.5. The summed E-state index contributed by atoms with van der Waals surface area (Å²) < 4.78 is 10.5. The second kappa shape index (κ2) is 4.60. The van der Waals surface area contributed by atoms with Gasteiger partial charge in [-0.05, 0) is 33.3 Å². The lowest BCUT2D eigenvalue weighted by atomic mass is 10.0. The highest BCUT2D eigenvalue weighted by molar-refractivity contribution is 5.75. The fraction of sp³-hybridized carbons (Fsp3) is 0.727. The van der Waals surface area contributed by atoms with Crippen molar-refractivity contribution >= 4 is 5.97 Å². The summed E-state index contributed by atoms with van der Waals surface area (Å²) in [6.45, 7) is 8.29. The van der Waals surface area contributed by atoms with E-state index in [0.29, 0.717) is 13.0 Å². The molecule has 80 valence electrons. The van der Waals surface area contributed by atoms with Crippen molar-refractivity contribution in [2.45, 2.75) is 46.3 Å². The molecule has 0 aliphatic carbocycles. The summed E-state index contributed by atoms with van der Waals surface area (Å²) in [5.41, 5.74) is 2.46. The first-order chi connectivity index (χ1) is 6.50. The number of rotatable bonds is 2. The van der Waals surface area contributed by atoms with Crippen LogP contribution in [0.5, 0.6) is 0 Å². The fourth-order valence-electron chi connectivity index (χ4n) is 1.32. The molecule has 0 N–H and O–H groups in total. The van der Waals surface area contributed by atoms with Crippen LogP contribution in [0, 0.1) is 0 Å². The van der Waals surface area contributed by atoms with Crippen LogP contribution >= 0.6 is 0 Å². The molecular formula is C11H18O3. The van der Waals surface area contributed by atoms with Gasteiger partial charge in [0.25, 0.3) is 0 Å². The highest BCUT2D eigenvalue weighted by atomic mass is 16.6. The van der Waals surface area contributed by atoms with E-state index in [2.05, 4.69) is 0 Å². The van der Waals surface area contributed by atoms with Crippen LogP contribution in [0.3, 0.4) is 0 Å². The molecule has 1 rings (SSSR count). The summed E-state index contributed by atoms with van der Waals surface area (Å²) in [6, 6.07) is 0. The fourth-order valence-corrected chi connectivity index (χ4v) is 1.32. The van der Waals surface area contributed by atoms with E-state index in [9.17, 15) is 4.79 Å².